The van der Waals surface area contributed by atoms with Crippen molar-refractivity contribution in [2.24, 2.45) is 13.0 Å². The predicted molar refractivity (Wildman–Crippen MR) is 107 cm³/mol. The topological polar surface area (TPSA) is 65.1 Å². The monoisotopic (exact) mass is 371 g/mol. The van der Waals surface area contributed by atoms with Crippen molar-refractivity contribution in [2.75, 3.05) is 11.4 Å². The Morgan fingerprint density at radius 1 is 1.19 bits per heavy atom. The van der Waals surface area contributed by atoms with Gasteiger partial charge < -0.3 is 9.47 Å². The highest BCUT2D eigenvalue weighted by Crippen LogP contribution is 2.32. The summed E-state index contributed by atoms with van der Waals surface area (Å²) in [5.41, 5.74) is 1.23. The van der Waals surface area contributed by atoms with Gasteiger partial charge in [-0.25, -0.2) is 4.79 Å². The Hall–Kier alpha value is -2.31. The Bertz CT molecular complexity index is 1010. The third-order valence-corrected chi connectivity index (χ3v) is 5.92. The number of imidazole rings is 1. The first-order valence-electron chi connectivity index (χ1n) is 9.99. The summed E-state index contributed by atoms with van der Waals surface area (Å²) in [4.78, 5) is 33.1. The lowest BCUT2D eigenvalue weighted by Gasteiger charge is -2.40. The molecule has 27 heavy (non-hydrogen) atoms. The summed E-state index contributed by atoms with van der Waals surface area (Å²) in [7, 11) is 1.70. The van der Waals surface area contributed by atoms with Crippen LogP contribution in [0, 0.1) is 5.92 Å². The van der Waals surface area contributed by atoms with Crippen molar-refractivity contribution in [1.29, 1.82) is 0 Å². The second-order valence-corrected chi connectivity index (χ2v) is 8.43. The molecule has 1 aliphatic carbocycles. The highest BCUT2D eigenvalue weighted by atomic mass is 16.2. The molecule has 3 heterocycles. The van der Waals surface area contributed by atoms with Crippen LogP contribution in [-0.4, -0.2) is 31.3 Å². The first-order chi connectivity index (χ1) is 12.9. The number of nitrogens with zero attached hydrogens (tertiary/aromatic N) is 5. The molecule has 0 saturated heterocycles. The Labute approximate surface area is 158 Å². The lowest BCUT2D eigenvalue weighted by molar-refractivity contribution is 0.354. The Kier molecular flexibility index (Phi) is 4.48. The van der Waals surface area contributed by atoms with Gasteiger partial charge in [-0.2, -0.15) is 4.98 Å². The molecule has 0 bridgehead atoms. The quantitative estimate of drug-likeness (QED) is 0.777. The average Bonchev–Trinajstić information content (AvgIpc) is 3.03. The first kappa shape index (κ1) is 18.1. The van der Waals surface area contributed by atoms with E-state index in [1.807, 2.05) is 6.92 Å². The van der Waals surface area contributed by atoms with Crippen molar-refractivity contribution in [3.63, 3.8) is 0 Å². The third kappa shape index (κ3) is 2.93. The molecule has 0 amide bonds. The standard InChI is InChI=1S/C20H29N5O2/c1-13(2)10-25-18(26)16-17(22(4)20(25)27)21-19-23(11-14(3)12-24(16)19)15-8-6-5-7-9-15/h14-15H,1,5-12H2,2-4H3. The van der Waals surface area contributed by atoms with E-state index in [1.54, 1.807) is 7.05 Å². The molecule has 7 nitrogen and oxygen atoms in total. The summed E-state index contributed by atoms with van der Waals surface area (Å²) >= 11 is 0. The van der Waals surface area contributed by atoms with Gasteiger partial charge in [0.05, 0.1) is 6.54 Å². The van der Waals surface area contributed by atoms with Gasteiger partial charge in [-0.15, -0.1) is 0 Å². The summed E-state index contributed by atoms with van der Waals surface area (Å²) in [5.74, 6) is 1.29. The maximum absolute atomic E-state index is 13.2. The van der Waals surface area contributed by atoms with Crippen LogP contribution in [0.3, 0.4) is 0 Å². The fraction of sp³-hybridized carbons (Fsp3) is 0.650. The minimum absolute atomic E-state index is 0.240. The van der Waals surface area contributed by atoms with E-state index in [0.29, 0.717) is 23.1 Å². The first-order valence-corrected chi connectivity index (χ1v) is 9.99. The van der Waals surface area contributed by atoms with E-state index in [9.17, 15) is 9.59 Å². The van der Waals surface area contributed by atoms with E-state index in [1.165, 1.54) is 41.2 Å². The summed E-state index contributed by atoms with van der Waals surface area (Å²) < 4.78 is 4.84. The molecule has 1 unspecified atom stereocenters. The van der Waals surface area contributed by atoms with Gasteiger partial charge in [0.15, 0.2) is 11.2 Å². The van der Waals surface area contributed by atoms with Crippen LogP contribution in [-0.2, 0) is 20.1 Å². The molecule has 1 atom stereocenters. The number of anilines is 1. The molecule has 7 heteroatoms. The van der Waals surface area contributed by atoms with Crippen LogP contribution in [0.15, 0.2) is 21.7 Å². The van der Waals surface area contributed by atoms with Gasteiger partial charge >= 0.3 is 5.69 Å². The zero-order chi connectivity index (χ0) is 19.3. The van der Waals surface area contributed by atoms with Crippen LogP contribution in [0.5, 0.6) is 0 Å². The number of hydrogen-bond donors (Lipinski definition) is 0. The van der Waals surface area contributed by atoms with Gasteiger partial charge in [0, 0.05) is 26.2 Å². The summed E-state index contributed by atoms with van der Waals surface area (Å²) in [6, 6.07) is 0.478. The molecule has 0 radical (unpaired) electrons. The van der Waals surface area contributed by atoms with E-state index in [0.717, 1.165) is 24.6 Å². The van der Waals surface area contributed by atoms with E-state index in [2.05, 4.69) is 23.0 Å². The van der Waals surface area contributed by atoms with Gasteiger partial charge in [0.25, 0.3) is 5.56 Å². The minimum Gasteiger partial charge on any atom is -0.339 e. The molecule has 0 aromatic carbocycles. The number of rotatable bonds is 3. The van der Waals surface area contributed by atoms with Gasteiger partial charge in [0.1, 0.15) is 0 Å². The zero-order valence-electron chi connectivity index (χ0n) is 16.6. The number of fused-ring (bicyclic) bond motifs is 3. The Morgan fingerprint density at radius 3 is 2.56 bits per heavy atom. The van der Waals surface area contributed by atoms with Crippen molar-refractivity contribution in [1.82, 2.24) is 18.7 Å². The lowest BCUT2D eigenvalue weighted by Crippen LogP contribution is -2.45. The summed E-state index contributed by atoms with van der Waals surface area (Å²) in [6.45, 7) is 9.87. The van der Waals surface area contributed by atoms with Crippen molar-refractivity contribution in [2.45, 2.75) is 65.1 Å². The third-order valence-electron chi connectivity index (χ3n) is 5.92. The number of allylic oxidation sites excluding steroid dienone is 1. The van der Waals surface area contributed by atoms with Crippen LogP contribution in [0.25, 0.3) is 11.2 Å². The normalized spacial score (nSPS) is 20.9. The largest absolute Gasteiger partial charge is 0.339 e. The predicted octanol–water partition coefficient (Wildman–Crippen LogP) is 2.26. The Morgan fingerprint density at radius 2 is 1.89 bits per heavy atom. The van der Waals surface area contributed by atoms with Gasteiger partial charge in [-0.3, -0.25) is 13.9 Å². The molecule has 4 rings (SSSR count). The molecular formula is C20H29N5O2. The van der Waals surface area contributed by atoms with Gasteiger partial charge in [-0.1, -0.05) is 38.3 Å². The molecule has 146 valence electrons. The fourth-order valence-electron chi connectivity index (χ4n) is 4.65. The van der Waals surface area contributed by atoms with E-state index < -0.39 is 0 Å². The van der Waals surface area contributed by atoms with Crippen LogP contribution in [0.4, 0.5) is 5.95 Å². The molecule has 1 fully saturated rings. The fourth-order valence-corrected chi connectivity index (χ4v) is 4.65. The van der Waals surface area contributed by atoms with Crippen LogP contribution < -0.4 is 16.1 Å². The summed E-state index contributed by atoms with van der Waals surface area (Å²) in [5, 5.41) is 0. The molecule has 2 aromatic heterocycles. The SMILES string of the molecule is C=C(C)Cn1c(=O)c2c(nc3n2CC(C)CN3C2CCCCC2)n(C)c1=O. The molecule has 2 aliphatic rings. The van der Waals surface area contributed by atoms with Crippen LogP contribution in [0.1, 0.15) is 46.0 Å². The number of aryl methyl sites for hydroxylation is 1. The van der Waals surface area contributed by atoms with Crippen LogP contribution in [0.2, 0.25) is 0 Å². The molecule has 0 spiro atoms. The van der Waals surface area contributed by atoms with E-state index in [4.69, 9.17) is 4.98 Å². The van der Waals surface area contributed by atoms with Crippen molar-refractivity contribution < 1.29 is 0 Å². The molecular weight excluding hydrogens is 342 g/mol. The summed E-state index contributed by atoms with van der Waals surface area (Å²) in [6.07, 6.45) is 6.15. The lowest BCUT2D eigenvalue weighted by atomic mass is 9.93. The van der Waals surface area contributed by atoms with Gasteiger partial charge in [0.2, 0.25) is 5.95 Å². The van der Waals surface area contributed by atoms with E-state index >= 15 is 0 Å². The average molecular weight is 371 g/mol. The number of hydrogen-bond acceptors (Lipinski definition) is 4. The van der Waals surface area contributed by atoms with Crippen molar-refractivity contribution in [3.8, 4) is 0 Å². The van der Waals surface area contributed by atoms with Crippen molar-refractivity contribution in [3.05, 3.63) is 33.0 Å². The molecule has 1 aliphatic heterocycles. The maximum atomic E-state index is 13.2. The second-order valence-electron chi connectivity index (χ2n) is 8.43. The Balaban J connectivity index is 1.94. The van der Waals surface area contributed by atoms with Crippen molar-refractivity contribution >= 4 is 17.1 Å². The van der Waals surface area contributed by atoms with Gasteiger partial charge in [-0.05, 0) is 25.7 Å². The maximum Gasteiger partial charge on any atom is 0.332 e. The highest BCUT2D eigenvalue weighted by molar-refractivity contribution is 5.75. The molecule has 2 aromatic rings. The second kappa shape index (κ2) is 6.69. The highest BCUT2D eigenvalue weighted by Gasteiger charge is 2.33. The molecule has 0 N–H and O–H groups in total. The van der Waals surface area contributed by atoms with E-state index in [-0.39, 0.29) is 17.8 Å². The molecule has 1 saturated carbocycles. The minimum atomic E-state index is -0.330. The number of aromatic nitrogens is 4. The van der Waals surface area contributed by atoms with Crippen LogP contribution >= 0.6 is 0 Å². The zero-order valence-corrected chi connectivity index (χ0v) is 16.6. The smallest absolute Gasteiger partial charge is 0.332 e.